The Balaban J connectivity index is 1.32. The van der Waals surface area contributed by atoms with E-state index >= 15 is 0 Å². The Hall–Kier alpha value is -2.53. The predicted octanol–water partition coefficient (Wildman–Crippen LogP) is 3.81. The lowest BCUT2D eigenvalue weighted by atomic mass is 9.93. The molecule has 0 amide bonds. The van der Waals surface area contributed by atoms with Crippen LogP contribution in [0.15, 0.2) is 41.6 Å². The number of morpholine rings is 1. The van der Waals surface area contributed by atoms with Crippen LogP contribution >= 0.6 is 0 Å². The summed E-state index contributed by atoms with van der Waals surface area (Å²) in [5.41, 5.74) is 2.80. The van der Waals surface area contributed by atoms with Crippen LogP contribution in [0.3, 0.4) is 0 Å². The number of nitrogens with one attached hydrogen (secondary N) is 1. The molecule has 3 fully saturated rings. The van der Waals surface area contributed by atoms with Gasteiger partial charge in [0.25, 0.3) is 0 Å². The molecule has 10 heteroatoms. The van der Waals surface area contributed by atoms with Gasteiger partial charge in [0, 0.05) is 49.0 Å². The van der Waals surface area contributed by atoms with E-state index in [2.05, 4.69) is 21.1 Å². The van der Waals surface area contributed by atoms with Crippen LogP contribution in [0.25, 0.3) is 22.2 Å². The van der Waals surface area contributed by atoms with Gasteiger partial charge in [-0.1, -0.05) is 25.0 Å². The van der Waals surface area contributed by atoms with Crippen LogP contribution in [0, 0.1) is 5.92 Å². The third-order valence-corrected chi connectivity index (χ3v) is 9.85. The Bertz CT molecular complexity index is 1340. The van der Waals surface area contributed by atoms with Crippen LogP contribution in [0.2, 0.25) is 0 Å². The fraction of sp³-hybridized carbons (Fsp3) is 0.556. The van der Waals surface area contributed by atoms with Gasteiger partial charge in [-0.25, -0.2) is 13.4 Å². The van der Waals surface area contributed by atoms with E-state index in [-0.39, 0.29) is 12.1 Å². The highest BCUT2D eigenvalue weighted by atomic mass is 32.2. The molecular weight excluding hydrogens is 490 g/mol. The lowest BCUT2D eigenvalue weighted by molar-refractivity contribution is 0.0730. The van der Waals surface area contributed by atoms with Crippen LogP contribution in [0.1, 0.15) is 51.0 Å². The normalized spacial score (nSPS) is 23.4. The summed E-state index contributed by atoms with van der Waals surface area (Å²) < 4.78 is 35.2. The molecular formula is C27H35N5O4S. The standard InChI is InChI=1S/C27H35N5O4S/c33-22-7-5-21(6-8-22)32-18-25(24-17-29-27(30-26(24)32)28-12-11-19-1-2-19)20-3-9-23(10-4-20)37(34,35)31-13-15-36-16-14-31/h3-4,9-10,17-19,21-22,33H,1-2,5-8,11-16H2,(H,28,29,30)/t21-,22-. The lowest BCUT2D eigenvalue weighted by Gasteiger charge is -2.27. The fourth-order valence-corrected chi connectivity index (χ4v) is 6.90. The quantitative estimate of drug-likeness (QED) is 0.460. The molecule has 2 aromatic heterocycles. The van der Waals surface area contributed by atoms with E-state index in [1.807, 2.05) is 18.3 Å². The molecule has 6 rings (SSSR count). The summed E-state index contributed by atoms with van der Waals surface area (Å²) >= 11 is 0. The van der Waals surface area contributed by atoms with Crippen molar-refractivity contribution in [1.82, 2.24) is 18.8 Å². The first kappa shape index (κ1) is 24.8. The molecule has 0 radical (unpaired) electrons. The third kappa shape index (κ3) is 5.25. The molecule has 1 aliphatic heterocycles. The van der Waals surface area contributed by atoms with Crippen LogP contribution in [-0.4, -0.2) is 71.3 Å². The highest BCUT2D eigenvalue weighted by Crippen LogP contribution is 2.37. The number of fused-ring (bicyclic) bond motifs is 1. The van der Waals surface area contributed by atoms with E-state index in [1.165, 1.54) is 17.1 Å². The molecule has 1 aromatic carbocycles. The lowest BCUT2D eigenvalue weighted by Crippen LogP contribution is -2.40. The summed E-state index contributed by atoms with van der Waals surface area (Å²) in [6.07, 6.45) is 10.9. The zero-order valence-corrected chi connectivity index (χ0v) is 21.9. The van der Waals surface area contributed by atoms with Crippen LogP contribution in [-0.2, 0) is 14.8 Å². The first-order chi connectivity index (χ1) is 18.0. The second kappa shape index (κ2) is 10.3. The summed E-state index contributed by atoms with van der Waals surface area (Å²) in [5, 5.41) is 14.4. The van der Waals surface area contributed by atoms with Crippen molar-refractivity contribution in [2.75, 3.05) is 38.2 Å². The number of ether oxygens (including phenoxy) is 1. The number of benzene rings is 1. The predicted molar refractivity (Wildman–Crippen MR) is 142 cm³/mol. The van der Waals surface area contributed by atoms with E-state index in [0.717, 1.165) is 66.7 Å². The minimum Gasteiger partial charge on any atom is -0.393 e. The molecule has 0 bridgehead atoms. The Morgan fingerprint density at radius 3 is 2.46 bits per heavy atom. The Morgan fingerprint density at radius 1 is 1.03 bits per heavy atom. The Morgan fingerprint density at radius 2 is 1.76 bits per heavy atom. The molecule has 3 aliphatic rings. The number of anilines is 1. The first-order valence-corrected chi connectivity index (χ1v) is 14.9. The number of sulfonamides is 1. The van der Waals surface area contributed by atoms with Crippen LogP contribution < -0.4 is 5.32 Å². The van der Waals surface area contributed by atoms with Crippen molar-refractivity contribution >= 4 is 27.0 Å². The van der Waals surface area contributed by atoms with Gasteiger partial charge >= 0.3 is 0 Å². The molecule has 2 aliphatic carbocycles. The molecule has 3 aromatic rings. The van der Waals surface area contributed by atoms with E-state index in [0.29, 0.717) is 37.1 Å². The van der Waals surface area contributed by atoms with Crippen molar-refractivity contribution < 1.29 is 18.3 Å². The molecule has 2 N–H and O–H groups in total. The number of hydrogen-bond donors (Lipinski definition) is 2. The minimum atomic E-state index is -3.55. The summed E-state index contributed by atoms with van der Waals surface area (Å²) in [6.45, 7) is 2.47. The monoisotopic (exact) mass is 525 g/mol. The van der Waals surface area contributed by atoms with E-state index < -0.39 is 10.0 Å². The molecule has 1 saturated heterocycles. The summed E-state index contributed by atoms with van der Waals surface area (Å²) in [4.78, 5) is 9.82. The molecule has 37 heavy (non-hydrogen) atoms. The first-order valence-electron chi connectivity index (χ1n) is 13.5. The number of rotatable bonds is 8. The Labute approximate surface area is 217 Å². The third-order valence-electron chi connectivity index (χ3n) is 7.94. The van der Waals surface area contributed by atoms with Gasteiger partial charge < -0.3 is 19.7 Å². The van der Waals surface area contributed by atoms with Gasteiger partial charge in [0.15, 0.2) is 0 Å². The second-order valence-electron chi connectivity index (χ2n) is 10.5. The maximum Gasteiger partial charge on any atom is 0.243 e. The van der Waals surface area contributed by atoms with Gasteiger partial charge in [-0.05, 0) is 55.7 Å². The maximum atomic E-state index is 13.1. The smallest absolute Gasteiger partial charge is 0.243 e. The molecule has 0 unspecified atom stereocenters. The van der Waals surface area contributed by atoms with Crippen molar-refractivity contribution in [1.29, 1.82) is 0 Å². The van der Waals surface area contributed by atoms with Crippen molar-refractivity contribution in [3.05, 3.63) is 36.7 Å². The summed E-state index contributed by atoms with van der Waals surface area (Å²) in [6, 6.07) is 7.39. The zero-order valence-electron chi connectivity index (χ0n) is 21.1. The number of aliphatic hydroxyl groups excluding tert-OH is 1. The average molecular weight is 526 g/mol. The summed E-state index contributed by atoms with van der Waals surface area (Å²) in [5.74, 6) is 1.48. The minimum absolute atomic E-state index is 0.229. The number of nitrogens with zero attached hydrogens (tertiary/aromatic N) is 4. The Kier molecular flexibility index (Phi) is 6.91. The van der Waals surface area contributed by atoms with E-state index in [1.54, 1.807) is 12.1 Å². The van der Waals surface area contributed by atoms with Crippen molar-refractivity contribution in [3.8, 4) is 11.1 Å². The second-order valence-corrected chi connectivity index (χ2v) is 12.5. The maximum absolute atomic E-state index is 13.1. The largest absolute Gasteiger partial charge is 0.393 e. The molecule has 0 atom stereocenters. The van der Waals surface area contributed by atoms with Gasteiger partial charge in [0.1, 0.15) is 5.65 Å². The molecule has 9 nitrogen and oxygen atoms in total. The average Bonchev–Trinajstić information content (AvgIpc) is 3.68. The van der Waals surface area contributed by atoms with Gasteiger partial charge in [0.05, 0.1) is 24.2 Å². The van der Waals surface area contributed by atoms with Gasteiger partial charge in [-0.15, -0.1) is 0 Å². The van der Waals surface area contributed by atoms with Crippen molar-refractivity contribution in [2.24, 2.45) is 5.92 Å². The number of hydrogen-bond acceptors (Lipinski definition) is 7. The van der Waals surface area contributed by atoms with Crippen LogP contribution in [0.5, 0.6) is 0 Å². The van der Waals surface area contributed by atoms with E-state index in [4.69, 9.17) is 9.72 Å². The zero-order chi connectivity index (χ0) is 25.4. The molecule has 0 spiro atoms. The topological polar surface area (TPSA) is 110 Å². The highest BCUT2D eigenvalue weighted by molar-refractivity contribution is 7.89. The SMILES string of the molecule is O=S(=O)(c1ccc(-c2cn([C@H]3CC[C@H](O)CC3)c3nc(NCCC4CC4)ncc23)cc1)N1CCOCC1. The van der Waals surface area contributed by atoms with Gasteiger partial charge in [0.2, 0.25) is 16.0 Å². The molecule has 198 valence electrons. The van der Waals surface area contributed by atoms with Crippen molar-refractivity contribution in [3.63, 3.8) is 0 Å². The van der Waals surface area contributed by atoms with E-state index in [9.17, 15) is 13.5 Å². The summed E-state index contributed by atoms with van der Waals surface area (Å²) in [7, 11) is -3.55. The number of aromatic nitrogens is 3. The van der Waals surface area contributed by atoms with Crippen molar-refractivity contribution in [2.45, 2.75) is 62.0 Å². The molecule has 3 heterocycles. The van der Waals surface area contributed by atoms with Crippen LogP contribution in [0.4, 0.5) is 5.95 Å². The molecule has 2 saturated carbocycles. The van der Waals surface area contributed by atoms with Gasteiger partial charge in [-0.3, -0.25) is 0 Å². The fourth-order valence-electron chi connectivity index (χ4n) is 5.50. The number of aliphatic hydroxyl groups is 1. The highest BCUT2D eigenvalue weighted by Gasteiger charge is 2.27. The van der Waals surface area contributed by atoms with Gasteiger partial charge in [-0.2, -0.15) is 9.29 Å².